The van der Waals surface area contributed by atoms with Gasteiger partial charge in [0.2, 0.25) is 4.80 Å². The Morgan fingerprint density at radius 3 is 2.29 bits per heavy atom. The highest BCUT2D eigenvalue weighted by Gasteiger charge is 2.14. The molecule has 0 spiro atoms. The third-order valence-electron chi connectivity index (χ3n) is 3.29. The molecule has 0 aliphatic heterocycles. The minimum absolute atomic E-state index is 0.727. The van der Waals surface area contributed by atoms with Crippen molar-refractivity contribution in [3.8, 4) is 21.7 Å². The third-order valence-corrected chi connectivity index (χ3v) is 4.74. The normalized spacial score (nSPS) is 11.8. The second kappa shape index (κ2) is 5.76. The summed E-state index contributed by atoms with van der Waals surface area (Å²) in [6.07, 6.45) is 0. The van der Waals surface area contributed by atoms with E-state index < -0.39 is 0 Å². The van der Waals surface area contributed by atoms with E-state index in [9.17, 15) is 0 Å². The molecule has 1 heterocycles. The largest absolute Gasteiger partial charge is 0.320 e. The molecule has 0 radical (unpaired) electrons. The van der Waals surface area contributed by atoms with E-state index in [1.165, 1.54) is 0 Å². The maximum Gasteiger partial charge on any atom is 0.208 e. The number of nitrogens with two attached hydrogens (primary N) is 1. The summed E-state index contributed by atoms with van der Waals surface area (Å²) in [5.41, 5.74) is 3.34. The van der Waals surface area contributed by atoms with Gasteiger partial charge < -0.3 is 10.4 Å². The van der Waals surface area contributed by atoms with Crippen molar-refractivity contribution < 1.29 is 0 Å². The van der Waals surface area contributed by atoms with Gasteiger partial charge in [-0.25, -0.2) is 0 Å². The van der Waals surface area contributed by atoms with Crippen LogP contribution < -0.4 is 10.6 Å². The van der Waals surface area contributed by atoms with E-state index in [0.29, 0.717) is 0 Å². The van der Waals surface area contributed by atoms with Crippen molar-refractivity contribution in [2.75, 3.05) is 0 Å². The Balaban J connectivity index is 2.28. The van der Waals surface area contributed by atoms with E-state index in [-0.39, 0.29) is 0 Å². The van der Waals surface area contributed by atoms with Gasteiger partial charge in [-0.05, 0) is 23.3 Å². The van der Waals surface area contributed by atoms with E-state index in [4.69, 9.17) is 17.4 Å². The van der Waals surface area contributed by atoms with Crippen molar-refractivity contribution in [3.63, 3.8) is 0 Å². The minimum atomic E-state index is 0.727. The first-order chi connectivity index (χ1) is 10.2. The van der Waals surface area contributed by atoms with Gasteiger partial charge in [0.05, 0.1) is 10.6 Å². The zero-order chi connectivity index (χ0) is 14.8. The molecule has 0 saturated carbocycles. The molecule has 3 nitrogen and oxygen atoms in total. The molecule has 0 bridgehead atoms. The van der Waals surface area contributed by atoms with Gasteiger partial charge in [-0.15, -0.1) is 0 Å². The van der Waals surface area contributed by atoms with Crippen LogP contribution in [0, 0.1) is 0 Å². The fraction of sp³-hybridized carbons (Fsp3) is 0.0625. The summed E-state index contributed by atoms with van der Waals surface area (Å²) in [4.78, 5) is 1.91. The van der Waals surface area contributed by atoms with Crippen LogP contribution >= 0.6 is 22.9 Å². The lowest BCUT2D eigenvalue weighted by molar-refractivity contribution is 0.863. The van der Waals surface area contributed by atoms with Gasteiger partial charge >= 0.3 is 0 Å². The molecule has 21 heavy (non-hydrogen) atoms. The molecule has 0 atom stereocenters. The predicted octanol–water partition coefficient (Wildman–Crippen LogP) is 3.85. The molecule has 3 aromatic rings. The van der Waals surface area contributed by atoms with E-state index in [0.717, 1.165) is 31.5 Å². The van der Waals surface area contributed by atoms with Crippen molar-refractivity contribution in [1.29, 1.82) is 0 Å². The highest BCUT2D eigenvalue weighted by molar-refractivity contribution is 7.13. The number of aromatic nitrogens is 1. The van der Waals surface area contributed by atoms with Crippen LogP contribution in [0.1, 0.15) is 0 Å². The van der Waals surface area contributed by atoms with Crippen LogP contribution in [0.15, 0.2) is 59.7 Å². The van der Waals surface area contributed by atoms with Crippen LogP contribution in [-0.2, 0) is 7.05 Å². The van der Waals surface area contributed by atoms with Crippen LogP contribution in [0.25, 0.3) is 21.7 Å². The van der Waals surface area contributed by atoms with E-state index in [2.05, 4.69) is 17.2 Å². The quantitative estimate of drug-likeness (QED) is 0.566. The molecular weight excluding hydrogens is 302 g/mol. The number of halogens is 1. The summed E-state index contributed by atoms with van der Waals surface area (Å²) in [7, 11) is 1.98. The maximum absolute atomic E-state index is 5.98. The lowest BCUT2D eigenvalue weighted by Crippen LogP contribution is -2.13. The van der Waals surface area contributed by atoms with Gasteiger partial charge in [0.15, 0.2) is 0 Å². The van der Waals surface area contributed by atoms with E-state index in [1.807, 2.05) is 54.1 Å². The summed E-state index contributed by atoms with van der Waals surface area (Å²) in [5.74, 6) is 5.51. The fourth-order valence-corrected chi connectivity index (χ4v) is 3.48. The molecule has 0 amide bonds. The molecular formula is C16H14ClN3S. The van der Waals surface area contributed by atoms with Crippen molar-refractivity contribution in [2.24, 2.45) is 18.0 Å². The maximum atomic E-state index is 5.98. The molecule has 2 N–H and O–H groups in total. The van der Waals surface area contributed by atoms with Crippen molar-refractivity contribution in [1.82, 2.24) is 4.57 Å². The van der Waals surface area contributed by atoms with Crippen molar-refractivity contribution >= 4 is 22.9 Å². The van der Waals surface area contributed by atoms with Crippen LogP contribution in [-0.4, -0.2) is 4.57 Å². The molecule has 1 aromatic heterocycles. The van der Waals surface area contributed by atoms with Crippen LogP contribution in [0.4, 0.5) is 0 Å². The average molecular weight is 316 g/mol. The highest BCUT2D eigenvalue weighted by atomic mass is 35.5. The summed E-state index contributed by atoms with van der Waals surface area (Å²) in [6, 6.07) is 18.0. The summed E-state index contributed by atoms with van der Waals surface area (Å²) < 4.78 is 2.02. The van der Waals surface area contributed by atoms with Gasteiger partial charge in [-0.1, -0.05) is 65.4 Å². The Hall–Kier alpha value is -2.04. The van der Waals surface area contributed by atoms with E-state index >= 15 is 0 Å². The topological polar surface area (TPSA) is 43.3 Å². The first-order valence-electron chi connectivity index (χ1n) is 6.46. The van der Waals surface area contributed by atoms with Gasteiger partial charge in [0, 0.05) is 12.1 Å². The second-order valence-electron chi connectivity index (χ2n) is 4.62. The monoisotopic (exact) mass is 315 g/mol. The molecule has 0 saturated heterocycles. The molecule has 3 rings (SSSR count). The molecule has 0 aliphatic rings. The lowest BCUT2D eigenvalue weighted by Gasteiger charge is -2.07. The highest BCUT2D eigenvalue weighted by Crippen LogP contribution is 2.34. The summed E-state index contributed by atoms with van der Waals surface area (Å²) in [6.45, 7) is 0. The summed E-state index contributed by atoms with van der Waals surface area (Å²) >= 11 is 7.55. The first-order valence-corrected chi connectivity index (χ1v) is 7.65. The average Bonchev–Trinajstić information content (AvgIpc) is 2.85. The lowest BCUT2D eigenvalue weighted by atomic mass is 10.1. The molecule has 106 valence electrons. The predicted molar refractivity (Wildman–Crippen MR) is 88.9 cm³/mol. The number of nitrogens with zero attached hydrogens (tertiary/aromatic N) is 2. The smallest absolute Gasteiger partial charge is 0.208 e. The standard InChI is InChI=1S/C16H14ClN3S/c1-20-14(11-5-3-2-4-6-11)15(21-16(20)19-18)12-7-9-13(17)10-8-12/h2-10H,18H2,1H3/b19-16+. The Kier molecular flexibility index (Phi) is 3.82. The van der Waals surface area contributed by atoms with Gasteiger partial charge in [-0.2, -0.15) is 5.10 Å². The van der Waals surface area contributed by atoms with E-state index in [1.54, 1.807) is 11.3 Å². The Morgan fingerprint density at radius 2 is 1.67 bits per heavy atom. The van der Waals surface area contributed by atoms with Crippen LogP contribution in [0.2, 0.25) is 5.02 Å². The number of thiazole rings is 1. The minimum Gasteiger partial charge on any atom is -0.320 e. The zero-order valence-electron chi connectivity index (χ0n) is 11.5. The van der Waals surface area contributed by atoms with Crippen molar-refractivity contribution in [2.45, 2.75) is 0 Å². The number of hydrogen-bond acceptors (Lipinski definition) is 3. The number of rotatable bonds is 2. The molecule has 0 unspecified atom stereocenters. The van der Waals surface area contributed by atoms with Gasteiger partial charge in [-0.3, -0.25) is 0 Å². The van der Waals surface area contributed by atoms with Gasteiger partial charge in [0.1, 0.15) is 0 Å². The van der Waals surface area contributed by atoms with Crippen molar-refractivity contribution in [3.05, 3.63) is 64.4 Å². The number of benzene rings is 2. The molecule has 2 aromatic carbocycles. The van der Waals surface area contributed by atoms with Crippen LogP contribution in [0.3, 0.4) is 0 Å². The SMILES string of the molecule is Cn1c(-c2ccccc2)c(-c2ccc(Cl)cc2)s/c1=N/N. The second-order valence-corrected chi connectivity index (χ2v) is 6.04. The Morgan fingerprint density at radius 1 is 1.00 bits per heavy atom. The molecule has 5 heteroatoms. The first kappa shape index (κ1) is 13.9. The Bertz CT molecular complexity index is 817. The molecule has 0 fully saturated rings. The fourth-order valence-electron chi connectivity index (χ4n) is 2.29. The number of hydrogen-bond donors (Lipinski definition) is 1. The zero-order valence-corrected chi connectivity index (χ0v) is 13.0. The van der Waals surface area contributed by atoms with Gasteiger partial charge in [0.25, 0.3) is 0 Å². The van der Waals surface area contributed by atoms with Crippen LogP contribution in [0.5, 0.6) is 0 Å². The third kappa shape index (κ3) is 2.60. The Labute approximate surface area is 131 Å². The summed E-state index contributed by atoms with van der Waals surface area (Å²) in [5, 5.41) is 4.60. The molecule has 0 aliphatic carbocycles.